The summed E-state index contributed by atoms with van der Waals surface area (Å²) < 4.78 is 0. The van der Waals surface area contributed by atoms with Gasteiger partial charge in [-0.05, 0) is 24.8 Å². The highest BCUT2D eigenvalue weighted by atomic mass is 14.9. The molecule has 1 fully saturated rings. The van der Waals surface area contributed by atoms with Crippen molar-refractivity contribution in [3.05, 3.63) is 17.7 Å². The van der Waals surface area contributed by atoms with E-state index in [-0.39, 0.29) is 0 Å². The summed E-state index contributed by atoms with van der Waals surface area (Å²) in [5, 5.41) is 0. The highest BCUT2D eigenvalue weighted by Gasteiger charge is 2.58. The van der Waals surface area contributed by atoms with E-state index in [0.29, 0.717) is 17.3 Å². The lowest BCUT2D eigenvalue weighted by Gasteiger charge is -1.99. The molecule has 1 aromatic heterocycles. The summed E-state index contributed by atoms with van der Waals surface area (Å²) >= 11 is 0. The number of hydrogen-bond donors (Lipinski definition) is 2. The molecule has 0 aromatic carbocycles. The van der Waals surface area contributed by atoms with Crippen LogP contribution in [0.25, 0.3) is 0 Å². The second-order valence-electron chi connectivity index (χ2n) is 4.55. The molecule has 13 heavy (non-hydrogen) atoms. The molecule has 3 nitrogen and oxygen atoms in total. The Balaban J connectivity index is 2.26. The van der Waals surface area contributed by atoms with Crippen LogP contribution in [0.15, 0.2) is 6.33 Å². The van der Waals surface area contributed by atoms with E-state index in [0.717, 1.165) is 6.54 Å². The summed E-state index contributed by atoms with van der Waals surface area (Å²) in [4.78, 5) is 7.48. The minimum absolute atomic E-state index is 0.342. The summed E-state index contributed by atoms with van der Waals surface area (Å²) in [5.41, 5.74) is 8.46. The number of nitrogens with two attached hydrogens (primary N) is 1. The molecular weight excluding hydrogens is 162 g/mol. The quantitative estimate of drug-likeness (QED) is 0.721. The first-order valence-corrected chi connectivity index (χ1v) is 4.79. The Kier molecular flexibility index (Phi) is 1.74. The van der Waals surface area contributed by atoms with Crippen molar-refractivity contribution in [1.82, 2.24) is 9.97 Å². The van der Waals surface area contributed by atoms with Crippen molar-refractivity contribution >= 4 is 0 Å². The van der Waals surface area contributed by atoms with Crippen molar-refractivity contribution in [2.24, 2.45) is 17.1 Å². The van der Waals surface area contributed by atoms with E-state index in [4.69, 9.17) is 5.73 Å². The van der Waals surface area contributed by atoms with Crippen LogP contribution < -0.4 is 5.73 Å². The molecule has 1 heterocycles. The molecule has 0 aliphatic heterocycles. The van der Waals surface area contributed by atoms with Gasteiger partial charge in [-0.2, -0.15) is 0 Å². The molecule has 72 valence electrons. The Morgan fingerprint density at radius 3 is 2.69 bits per heavy atom. The van der Waals surface area contributed by atoms with Crippen molar-refractivity contribution < 1.29 is 0 Å². The smallest absolute Gasteiger partial charge is 0.0925 e. The monoisotopic (exact) mass is 179 g/mol. The first kappa shape index (κ1) is 8.75. The number of H-pyrrole nitrogens is 1. The number of aromatic amines is 1. The minimum atomic E-state index is 0.342. The van der Waals surface area contributed by atoms with Gasteiger partial charge in [-0.1, -0.05) is 13.8 Å². The molecule has 3 heteroatoms. The maximum Gasteiger partial charge on any atom is 0.0925 e. The Hall–Kier alpha value is -0.830. The number of hydrogen-bond acceptors (Lipinski definition) is 2. The standard InChI is InChI=1S/C10H17N3/c1-6-9(13-5-12-6)8-7(4-11)10(8,2)3/h5,7-8H,4,11H2,1-3H3,(H,12,13)/t7-,8+/m1/s1. The first-order chi connectivity index (χ1) is 6.09. The van der Waals surface area contributed by atoms with Crippen LogP contribution in [-0.4, -0.2) is 16.5 Å². The van der Waals surface area contributed by atoms with Crippen molar-refractivity contribution in [3.63, 3.8) is 0 Å². The van der Waals surface area contributed by atoms with E-state index in [9.17, 15) is 0 Å². The molecule has 0 radical (unpaired) electrons. The zero-order valence-corrected chi connectivity index (χ0v) is 8.46. The molecule has 0 spiro atoms. The molecule has 0 unspecified atom stereocenters. The lowest BCUT2D eigenvalue weighted by atomic mass is 10.1. The van der Waals surface area contributed by atoms with Crippen molar-refractivity contribution in [2.75, 3.05) is 6.54 Å². The first-order valence-electron chi connectivity index (χ1n) is 4.79. The van der Waals surface area contributed by atoms with E-state index in [1.54, 1.807) is 6.33 Å². The van der Waals surface area contributed by atoms with Crippen LogP contribution >= 0.6 is 0 Å². The molecule has 1 aromatic rings. The number of rotatable bonds is 2. The second-order valence-corrected chi connectivity index (χ2v) is 4.55. The summed E-state index contributed by atoms with van der Waals surface area (Å²) in [7, 11) is 0. The molecule has 2 atom stereocenters. The predicted molar refractivity (Wildman–Crippen MR) is 52.4 cm³/mol. The lowest BCUT2D eigenvalue weighted by Crippen LogP contribution is -2.05. The largest absolute Gasteiger partial charge is 0.348 e. The average Bonchev–Trinajstić information content (AvgIpc) is 2.41. The van der Waals surface area contributed by atoms with Gasteiger partial charge in [0.2, 0.25) is 0 Å². The Labute approximate surface area is 78.7 Å². The molecule has 2 rings (SSSR count). The van der Waals surface area contributed by atoms with Crippen LogP contribution in [-0.2, 0) is 0 Å². The maximum atomic E-state index is 5.72. The van der Waals surface area contributed by atoms with E-state index < -0.39 is 0 Å². The van der Waals surface area contributed by atoms with Gasteiger partial charge in [-0.3, -0.25) is 0 Å². The van der Waals surface area contributed by atoms with Gasteiger partial charge in [-0.25, -0.2) is 4.98 Å². The van der Waals surface area contributed by atoms with Gasteiger partial charge < -0.3 is 10.7 Å². The zero-order chi connectivity index (χ0) is 9.64. The fourth-order valence-electron chi connectivity index (χ4n) is 2.41. The Morgan fingerprint density at radius 1 is 1.62 bits per heavy atom. The fourth-order valence-corrected chi connectivity index (χ4v) is 2.41. The molecule has 3 N–H and O–H groups in total. The van der Waals surface area contributed by atoms with Crippen LogP contribution in [0.1, 0.15) is 31.2 Å². The maximum absolute atomic E-state index is 5.72. The van der Waals surface area contributed by atoms with Crippen LogP contribution in [0.4, 0.5) is 0 Å². The molecule has 1 aliphatic rings. The number of aromatic nitrogens is 2. The molecule has 1 aliphatic carbocycles. The number of aryl methyl sites for hydroxylation is 1. The Morgan fingerprint density at radius 2 is 2.31 bits per heavy atom. The highest BCUT2D eigenvalue weighted by molar-refractivity contribution is 5.29. The second kappa shape index (κ2) is 2.58. The number of nitrogens with one attached hydrogen (secondary N) is 1. The normalized spacial score (nSPS) is 30.5. The minimum Gasteiger partial charge on any atom is -0.348 e. The van der Waals surface area contributed by atoms with Crippen molar-refractivity contribution in [3.8, 4) is 0 Å². The summed E-state index contributed by atoms with van der Waals surface area (Å²) in [6.45, 7) is 7.38. The van der Waals surface area contributed by atoms with Gasteiger partial charge in [0, 0.05) is 11.6 Å². The summed E-state index contributed by atoms with van der Waals surface area (Å²) in [6.07, 6.45) is 1.77. The van der Waals surface area contributed by atoms with E-state index >= 15 is 0 Å². The Bertz CT molecular complexity index is 314. The lowest BCUT2D eigenvalue weighted by molar-refractivity contribution is 0.557. The van der Waals surface area contributed by atoms with E-state index in [1.165, 1.54) is 11.4 Å². The zero-order valence-electron chi connectivity index (χ0n) is 8.46. The number of imidazole rings is 1. The van der Waals surface area contributed by atoms with E-state index in [1.807, 2.05) is 0 Å². The van der Waals surface area contributed by atoms with Crippen LogP contribution in [0.5, 0.6) is 0 Å². The third-order valence-electron chi connectivity index (χ3n) is 3.47. The third-order valence-corrected chi connectivity index (χ3v) is 3.47. The summed E-state index contributed by atoms with van der Waals surface area (Å²) in [6, 6.07) is 0. The SMILES string of the molecule is Cc1[nH]cnc1[C@@H]1[C@@H](CN)C1(C)C. The number of nitrogens with zero attached hydrogens (tertiary/aromatic N) is 1. The molecule has 0 amide bonds. The van der Waals surface area contributed by atoms with Gasteiger partial charge in [-0.15, -0.1) is 0 Å². The van der Waals surface area contributed by atoms with Crippen LogP contribution in [0.2, 0.25) is 0 Å². The third kappa shape index (κ3) is 1.10. The highest BCUT2D eigenvalue weighted by Crippen LogP contribution is 2.63. The topological polar surface area (TPSA) is 54.7 Å². The van der Waals surface area contributed by atoms with Gasteiger partial charge in [0.15, 0.2) is 0 Å². The predicted octanol–water partition coefficient (Wildman–Crippen LogP) is 1.42. The molecular formula is C10H17N3. The van der Waals surface area contributed by atoms with Gasteiger partial charge in [0.05, 0.1) is 12.0 Å². The van der Waals surface area contributed by atoms with Gasteiger partial charge in [0.1, 0.15) is 0 Å². The molecule has 0 saturated heterocycles. The van der Waals surface area contributed by atoms with E-state index in [2.05, 4.69) is 30.7 Å². The summed E-state index contributed by atoms with van der Waals surface area (Å²) in [5.74, 6) is 1.17. The average molecular weight is 179 g/mol. The van der Waals surface area contributed by atoms with Crippen LogP contribution in [0, 0.1) is 18.3 Å². The van der Waals surface area contributed by atoms with Gasteiger partial charge >= 0.3 is 0 Å². The molecule has 0 bridgehead atoms. The van der Waals surface area contributed by atoms with Gasteiger partial charge in [0.25, 0.3) is 0 Å². The van der Waals surface area contributed by atoms with Crippen molar-refractivity contribution in [1.29, 1.82) is 0 Å². The van der Waals surface area contributed by atoms with Crippen LogP contribution in [0.3, 0.4) is 0 Å². The van der Waals surface area contributed by atoms with Crippen molar-refractivity contribution in [2.45, 2.75) is 26.7 Å². The fraction of sp³-hybridized carbons (Fsp3) is 0.700. The molecule has 1 saturated carbocycles.